The number of nitro benzene ring substituents is 1. The predicted molar refractivity (Wildman–Crippen MR) is 70.4 cm³/mol. The van der Waals surface area contributed by atoms with Crippen molar-refractivity contribution < 1.29 is 23.6 Å². The van der Waals surface area contributed by atoms with E-state index in [1.54, 1.807) is 0 Å². The lowest BCUT2D eigenvalue weighted by Crippen LogP contribution is -2.34. The second-order valence-corrected chi connectivity index (χ2v) is 5.75. The van der Waals surface area contributed by atoms with Gasteiger partial charge in [0.05, 0.1) is 34.7 Å². The lowest BCUT2D eigenvalue weighted by atomic mass is 9.81. The topological polar surface area (TPSA) is 89.8 Å². The highest BCUT2D eigenvalue weighted by atomic mass is 19.1. The monoisotopic (exact) mass is 306 g/mol. The van der Waals surface area contributed by atoms with Gasteiger partial charge >= 0.3 is 5.69 Å². The average Bonchev–Trinajstić information content (AvgIpc) is 3.14. The van der Waals surface area contributed by atoms with Gasteiger partial charge in [0, 0.05) is 6.07 Å². The maximum atomic E-state index is 13.4. The molecule has 4 atom stereocenters. The number of carbonyl (C=O) groups excluding carboxylic acids is 2. The van der Waals surface area contributed by atoms with Crippen LogP contribution in [0.3, 0.4) is 0 Å². The van der Waals surface area contributed by atoms with E-state index in [0.717, 1.165) is 29.9 Å². The maximum Gasteiger partial charge on any atom is 0.306 e. The van der Waals surface area contributed by atoms with Gasteiger partial charge in [-0.2, -0.15) is 4.39 Å². The van der Waals surface area contributed by atoms with Crippen molar-refractivity contribution >= 4 is 23.2 Å². The molecule has 3 aliphatic rings. The van der Waals surface area contributed by atoms with Gasteiger partial charge in [-0.05, 0) is 25.0 Å². The molecule has 8 heteroatoms. The van der Waals surface area contributed by atoms with Crippen LogP contribution in [-0.2, 0) is 14.3 Å². The van der Waals surface area contributed by atoms with Crippen molar-refractivity contribution in [2.75, 3.05) is 4.90 Å². The zero-order valence-corrected chi connectivity index (χ0v) is 11.3. The highest BCUT2D eigenvalue weighted by molar-refractivity contribution is 6.22. The minimum Gasteiger partial charge on any atom is -0.373 e. The summed E-state index contributed by atoms with van der Waals surface area (Å²) in [7, 11) is 0. The van der Waals surface area contributed by atoms with Gasteiger partial charge in [-0.3, -0.25) is 19.7 Å². The number of anilines is 1. The molecule has 1 aromatic carbocycles. The number of hydrogen-bond acceptors (Lipinski definition) is 5. The number of rotatable bonds is 2. The smallest absolute Gasteiger partial charge is 0.306 e. The molecule has 1 aromatic rings. The highest BCUT2D eigenvalue weighted by Crippen LogP contribution is 2.49. The number of nitro groups is 1. The first-order valence-electron chi connectivity index (χ1n) is 6.96. The number of fused-ring (bicyclic) bond motifs is 5. The van der Waals surface area contributed by atoms with Gasteiger partial charge in [0.2, 0.25) is 17.6 Å². The van der Waals surface area contributed by atoms with Crippen LogP contribution in [0.15, 0.2) is 18.2 Å². The van der Waals surface area contributed by atoms with Crippen molar-refractivity contribution in [2.45, 2.75) is 25.0 Å². The molecule has 3 saturated heterocycles. The molecule has 3 heterocycles. The summed E-state index contributed by atoms with van der Waals surface area (Å²) in [6, 6.07) is 3.03. The zero-order chi connectivity index (χ0) is 15.6. The molecule has 3 aliphatic heterocycles. The highest BCUT2D eigenvalue weighted by Gasteiger charge is 2.62. The molecule has 0 saturated carbocycles. The largest absolute Gasteiger partial charge is 0.373 e. The van der Waals surface area contributed by atoms with Crippen LogP contribution < -0.4 is 4.90 Å². The Bertz CT molecular complexity index is 693. The Labute approximate surface area is 123 Å². The predicted octanol–water partition coefficient (Wildman–Crippen LogP) is 1.40. The van der Waals surface area contributed by atoms with Crippen LogP contribution in [0.1, 0.15) is 12.8 Å². The minimum absolute atomic E-state index is 0.0388. The number of benzene rings is 1. The maximum absolute atomic E-state index is 13.4. The number of halogens is 1. The SMILES string of the molecule is O=C1[C@@H]2[C@H](C(=O)N1c1ccc(F)c([N+](=O)[O-])c1)[C@H]1CC[C@@H]2O1. The van der Waals surface area contributed by atoms with Crippen LogP contribution in [-0.4, -0.2) is 28.9 Å². The van der Waals surface area contributed by atoms with Crippen molar-refractivity contribution in [2.24, 2.45) is 11.8 Å². The number of nitrogens with zero attached hydrogens (tertiary/aromatic N) is 2. The van der Waals surface area contributed by atoms with Gasteiger partial charge in [0.15, 0.2) is 0 Å². The molecule has 2 amide bonds. The molecular weight excluding hydrogens is 295 g/mol. The van der Waals surface area contributed by atoms with Crippen LogP contribution in [0.25, 0.3) is 0 Å². The van der Waals surface area contributed by atoms with E-state index in [0.29, 0.717) is 0 Å². The Morgan fingerprint density at radius 2 is 1.77 bits per heavy atom. The number of hydrogen-bond donors (Lipinski definition) is 0. The lowest BCUT2D eigenvalue weighted by Gasteiger charge is -2.17. The van der Waals surface area contributed by atoms with Gasteiger partial charge in [-0.1, -0.05) is 0 Å². The van der Waals surface area contributed by atoms with Crippen molar-refractivity contribution in [3.8, 4) is 0 Å². The Morgan fingerprint density at radius 3 is 2.32 bits per heavy atom. The van der Waals surface area contributed by atoms with E-state index in [1.165, 1.54) is 6.07 Å². The summed E-state index contributed by atoms with van der Waals surface area (Å²) in [6.45, 7) is 0. The Kier molecular flexibility index (Phi) is 2.62. The van der Waals surface area contributed by atoms with Crippen molar-refractivity contribution in [3.05, 3.63) is 34.1 Å². The molecule has 0 aromatic heterocycles. The van der Waals surface area contributed by atoms with Gasteiger partial charge in [0.1, 0.15) is 0 Å². The molecule has 0 aliphatic carbocycles. The number of imide groups is 1. The van der Waals surface area contributed by atoms with E-state index in [9.17, 15) is 24.1 Å². The Balaban J connectivity index is 1.75. The molecule has 3 fully saturated rings. The van der Waals surface area contributed by atoms with Gasteiger partial charge < -0.3 is 4.74 Å². The molecule has 22 heavy (non-hydrogen) atoms. The molecule has 0 unspecified atom stereocenters. The fourth-order valence-electron chi connectivity index (χ4n) is 3.75. The van der Waals surface area contributed by atoms with Crippen molar-refractivity contribution in [3.63, 3.8) is 0 Å². The summed E-state index contributed by atoms with van der Waals surface area (Å²) in [5.74, 6) is -2.87. The van der Waals surface area contributed by atoms with Crippen LogP contribution in [0, 0.1) is 27.8 Å². The molecule has 0 N–H and O–H groups in total. The summed E-state index contributed by atoms with van der Waals surface area (Å²) in [6.07, 6.45) is 0.962. The van der Waals surface area contributed by atoms with Gasteiger partial charge in [-0.25, -0.2) is 4.90 Å². The van der Waals surface area contributed by atoms with Gasteiger partial charge in [0.25, 0.3) is 0 Å². The third kappa shape index (κ3) is 1.58. The van der Waals surface area contributed by atoms with E-state index in [1.807, 2.05) is 0 Å². The van der Waals surface area contributed by atoms with Crippen LogP contribution >= 0.6 is 0 Å². The third-order valence-electron chi connectivity index (χ3n) is 4.67. The average molecular weight is 306 g/mol. The number of ether oxygens (including phenoxy) is 1. The molecule has 7 nitrogen and oxygen atoms in total. The molecule has 114 valence electrons. The summed E-state index contributed by atoms with van der Waals surface area (Å²) < 4.78 is 19.0. The number of carbonyl (C=O) groups is 2. The zero-order valence-electron chi connectivity index (χ0n) is 11.3. The fourth-order valence-corrected chi connectivity index (χ4v) is 3.75. The minimum atomic E-state index is -1.00. The third-order valence-corrected chi connectivity index (χ3v) is 4.67. The first-order valence-corrected chi connectivity index (χ1v) is 6.96. The van der Waals surface area contributed by atoms with E-state index in [2.05, 4.69) is 0 Å². The number of amides is 2. The van der Waals surface area contributed by atoms with Gasteiger partial charge in [-0.15, -0.1) is 0 Å². The molecule has 0 spiro atoms. The van der Waals surface area contributed by atoms with E-state index >= 15 is 0 Å². The summed E-state index contributed by atoms with van der Waals surface area (Å²) in [5.41, 5.74) is -0.716. The first-order chi connectivity index (χ1) is 10.5. The van der Waals surface area contributed by atoms with Crippen LogP contribution in [0.5, 0.6) is 0 Å². The summed E-state index contributed by atoms with van der Waals surface area (Å²) >= 11 is 0. The molecular formula is C14H11FN2O5. The van der Waals surface area contributed by atoms with Crippen molar-refractivity contribution in [1.82, 2.24) is 0 Å². The second kappa shape index (κ2) is 4.33. The Hall–Kier alpha value is -2.35. The lowest BCUT2D eigenvalue weighted by molar-refractivity contribution is -0.387. The van der Waals surface area contributed by atoms with E-state index < -0.39 is 40.1 Å². The van der Waals surface area contributed by atoms with Crippen molar-refractivity contribution in [1.29, 1.82) is 0 Å². The standard InChI is InChI=1S/C14H11FN2O5/c15-7-2-1-6(5-8(7)17(20)21)16-13(18)11-9-3-4-10(22-9)12(11)14(16)19/h1-2,5,9-12H,3-4H2/t9-,10+,11-,12+. The first kappa shape index (κ1) is 13.3. The molecule has 4 rings (SSSR count). The molecule has 0 radical (unpaired) electrons. The normalized spacial score (nSPS) is 32.7. The van der Waals surface area contributed by atoms with E-state index in [-0.39, 0.29) is 17.9 Å². The van der Waals surface area contributed by atoms with Crippen LogP contribution in [0.4, 0.5) is 15.8 Å². The second-order valence-electron chi connectivity index (χ2n) is 5.75. The summed E-state index contributed by atoms with van der Waals surface area (Å²) in [4.78, 5) is 35.9. The van der Waals surface area contributed by atoms with E-state index in [4.69, 9.17) is 4.74 Å². The molecule has 2 bridgehead atoms. The quantitative estimate of drug-likeness (QED) is 0.468. The summed E-state index contributed by atoms with van der Waals surface area (Å²) in [5, 5.41) is 10.8. The Morgan fingerprint density at radius 1 is 1.18 bits per heavy atom. The fraction of sp³-hybridized carbons (Fsp3) is 0.429. The van der Waals surface area contributed by atoms with Crippen LogP contribution in [0.2, 0.25) is 0 Å².